The summed E-state index contributed by atoms with van der Waals surface area (Å²) in [5, 5.41) is 9.33. The van der Waals surface area contributed by atoms with Crippen LogP contribution in [0.1, 0.15) is 24.1 Å². The average Bonchev–Trinajstić information content (AvgIpc) is 1.94. The molecule has 0 spiro atoms. The molecule has 1 rings (SSSR count). The van der Waals surface area contributed by atoms with Crippen molar-refractivity contribution in [2.24, 2.45) is 5.73 Å². The summed E-state index contributed by atoms with van der Waals surface area (Å²) in [4.78, 5) is 0. The molecule has 1 atom stereocenters. The van der Waals surface area contributed by atoms with Gasteiger partial charge in [0, 0.05) is 11.6 Å². The molecule has 11 heavy (non-hydrogen) atoms. The summed E-state index contributed by atoms with van der Waals surface area (Å²) in [6, 6.07) is 5.34. The van der Waals surface area contributed by atoms with Crippen molar-refractivity contribution < 1.29 is 5.11 Å². The topological polar surface area (TPSA) is 46.2 Å². The van der Waals surface area contributed by atoms with Crippen molar-refractivity contribution in [3.05, 3.63) is 29.3 Å². The molecule has 1 aromatic rings. The second-order valence-corrected chi connectivity index (χ2v) is 2.85. The number of nitrogens with two attached hydrogens (primary N) is 1. The van der Waals surface area contributed by atoms with Crippen LogP contribution in [0.4, 0.5) is 0 Å². The Kier molecular flexibility index (Phi) is 2.15. The Morgan fingerprint density at radius 1 is 1.45 bits per heavy atom. The molecule has 60 valence electrons. The van der Waals surface area contributed by atoms with Crippen LogP contribution >= 0.6 is 0 Å². The standard InChI is InChI=1S/C9H13NO/c1-6-3-4-9(11)8(5-6)7(2)10/h3-5,7,11H,10H2,1-2H3/t7-/m0/s1. The molecule has 0 heterocycles. The summed E-state index contributed by atoms with van der Waals surface area (Å²) >= 11 is 0. The van der Waals surface area contributed by atoms with E-state index in [4.69, 9.17) is 5.73 Å². The smallest absolute Gasteiger partial charge is 0.120 e. The van der Waals surface area contributed by atoms with Crippen LogP contribution in [-0.4, -0.2) is 5.11 Å². The van der Waals surface area contributed by atoms with Gasteiger partial charge in [-0.25, -0.2) is 0 Å². The van der Waals surface area contributed by atoms with Gasteiger partial charge < -0.3 is 10.8 Å². The summed E-state index contributed by atoms with van der Waals surface area (Å²) in [5.41, 5.74) is 7.55. The molecule has 0 aliphatic carbocycles. The maximum absolute atomic E-state index is 9.33. The van der Waals surface area contributed by atoms with Crippen LogP contribution in [0.2, 0.25) is 0 Å². The zero-order valence-electron chi connectivity index (χ0n) is 6.83. The summed E-state index contributed by atoms with van der Waals surface area (Å²) in [7, 11) is 0. The number of rotatable bonds is 1. The molecule has 0 amide bonds. The van der Waals surface area contributed by atoms with E-state index in [0.717, 1.165) is 11.1 Å². The molecule has 3 N–H and O–H groups in total. The Morgan fingerprint density at radius 2 is 2.09 bits per heavy atom. The van der Waals surface area contributed by atoms with E-state index in [1.165, 1.54) is 0 Å². The average molecular weight is 151 g/mol. The Morgan fingerprint density at radius 3 is 2.55 bits per heavy atom. The SMILES string of the molecule is Cc1ccc(O)c([C@H](C)N)c1. The van der Waals surface area contributed by atoms with Gasteiger partial charge in [-0.3, -0.25) is 0 Å². The van der Waals surface area contributed by atoms with Gasteiger partial charge in [0.2, 0.25) is 0 Å². The highest BCUT2D eigenvalue weighted by Crippen LogP contribution is 2.22. The van der Waals surface area contributed by atoms with Crippen molar-refractivity contribution >= 4 is 0 Å². The highest BCUT2D eigenvalue weighted by atomic mass is 16.3. The van der Waals surface area contributed by atoms with Crippen LogP contribution in [-0.2, 0) is 0 Å². The fourth-order valence-electron chi connectivity index (χ4n) is 1.04. The third-order valence-electron chi connectivity index (χ3n) is 1.67. The van der Waals surface area contributed by atoms with E-state index in [0.29, 0.717) is 0 Å². The first-order valence-corrected chi connectivity index (χ1v) is 3.66. The van der Waals surface area contributed by atoms with E-state index in [-0.39, 0.29) is 11.8 Å². The lowest BCUT2D eigenvalue weighted by molar-refractivity contribution is 0.463. The number of phenolic OH excluding ortho intramolecular Hbond substituents is 1. The Labute approximate surface area is 66.7 Å². The largest absolute Gasteiger partial charge is 0.508 e. The monoisotopic (exact) mass is 151 g/mol. The highest BCUT2D eigenvalue weighted by Gasteiger charge is 2.04. The van der Waals surface area contributed by atoms with Gasteiger partial charge in [0.05, 0.1) is 0 Å². The summed E-state index contributed by atoms with van der Waals surface area (Å²) < 4.78 is 0. The highest BCUT2D eigenvalue weighted by molar-refractivity contribution is 5.37. The molecule has 0 unspecified atom stereocenters. The molecular formula is C9H13NO. The number of benzene rings is 1. The summed E-state index contributed by atoms with van der Waals surface area (Å²) in [6.45, 7) is 3.83. The number of hydrogen-bond acceptors (Lipinski definition) is 2. The molecule has 0 aliphatic rings. The molecule has 0 saturated carbocycles. The Hall–Kier alpha value is -1.02. The second-order valence-electron chi connectivity index (χ2n) is 2.85. The van der Waals surface area contributed by atoms with Gasteiger partial charge in [-0.05, 0) is 19.9 Å². The van der Waals surface area contributed by atoms with Gasteiger partial charge in [0.1, 0.15) is 5.75 Å². The fraction of sp³-hybridized carbons (Fsp3) is 0.333. The zero-order valence-corrected chi connectivity index (χ0v) is 6.83. The number of aryl methyl sites for hydroxylation is 1. The van der Waals surface area contributed by atoms with Gasteiger partial charge in [-0.1, -0.05) is 17.7 Å². The predicted octanol–water partition coefficient (Wildman–Crippen LogP) is 1.72. The van der Waals surface area contributed by atoms with E-state index in [1.54, 1.807) is 6.07 Å². The van der Waals surface area contributed by atoms with E-state index in [2.05, 4.69) is 0 Å². The molecule has 0 saturated heterocycles. The number of aromatic hydroxyl groups is 1. The van der Waals surface area contributed by atoms with E-state index >= 15 is 0 Å². The lowest BCUT2D eigenvalue weighted by atomic mass is 10.1. The van der Waals surface area contributed by atoms with Crippen molar-refractivity contribution in [3.63, 3.8) is 0 Å². The second kappa shape index (κ2) is 2.93. The molecule has 0 bridgehead atoms. The van der Waals surface area contributed by atoms with Crippen LogP contribution in [0.15, 0.2) is 18.2 Å². The van der Waals surface area contributed by atoms with Crippen molar-refractivity contribution in [2.75, 3.05) is 0 Å². The van der Waals surface area contributed by atoms with Gasteiger partial charge >= 0.3 is 0 Å². The van der Waals surface area contributed by atoms with E-state index < -0.39 is 0 Å². The minimum absolute atomic E-state index is 0.102. The first-order chi connectivity index (χ1) is 5.11. The Balaban J connectivity index is 3.13. The van der Waals surface area contributed by atoms with Crippen LogP contribution in [0, 0.1) is 6.92 Å². The minimum Gasteiger partial charge on any atom is -0.508 e. The van der Waals surface area contributed by atoms with Gasteiger partial charge in [0.15, 0.2) is 0 Å². The van der Waals surface area contributed by atoms with Gasteiger partial charge in [0.25, 0.3) is 0 Å². The van der Waals surface area contributed by atoms with Crippen molar-refractivity contribution in [2.45, 2.75) is 19.9 Å². The maximum atomic E-state index is 9.33. The lowest BCUT2D eigenvalue weighted by Gasteiger charge is -2.08. The normalized spacial score (nSPS) is 13.0. The van der Waals surface area contributed by atoms with E-state index in [1.807, 2.05) is 26.0 Å². The van der Waals surface area contributed by atoms with Gasteiger partial charge in [-0.2, -0.15) is 0 Å². The third kappa shape index (κ3) is 1.71. The number of phenols is 1. The van der Waals surface area contributed by atoms with Crippen LogP contribution in [0.25, 0.3) is 0 Å². The molecule has 1 aromatic carbocycles. The maximum Gasteiger partial charge on any atom is 0.120 e. The molecule has 0 aromatic heterocycles. The van der Waals surface area contributed by atoms with Crippen LogP contribution in [0.5, 0.6) is 5.75 Å². The quantitative estimate of drug-likeness (QED) is 0.642. The molecule has 2 nitrogen and oxygen atoms in total. The molecule has 0 fully saturated rings. The van der Waals surface area contributed by atoms with Gasteiger partial charge in [-0.15, -0.1) is 0 Å². The van der Waals surface area contributed by atoms with Crippen LogP contribution in [0.3, 0.4) is 0 Å². The van der Waals surface area contributed by atoms with Crippen molar-refractivity contribution in [1.82, 2.24) is 0 Å². The minimum atomic E-state index is -0.102. The van der Waals surface area contributed by atoms with E-state index in [9.17, 15) is 5.11 Å². The lowest BCUT2D eigenvalue weighted by Crippen LogP contribution is -2.05. The first kappa shape index (κ1) is 8.08. The molecular weight excluding hydrogens is 138 g/mol. The molecule has 2 heteroatoms. The third-order valence-corrected chi connectivity index (χ3v) is 1.67. The summed E-state index contributed by atoms with van der Waals surface area (Å²) in [6.07, 6.45) is 0. The summed E-state index contributed by atoms with van der Waals surface area (Å²) in [5.74, 6) is 0.283. The fourth-order valence-corrected chi connectivity index (χ4v) is 1.04. The molecule has 0 radical (unpaired) electrons. The van der Waals surface area contributed by atoms with Crippen LogP contribution < -0.4 is 5.73 Å². The van der Waals surface area contributed by atoms with Crippen molar-refractivity contribution in [1.29, 1.82) is 0 Å². The first-order valence-electron chi connectivity index (χ1n) is 3.66. The van der Waals surface area contributed by atoms with Crippen molar-refractivity contribution in [3.8, 4) is 5.75 Å². The molecule has 0 aliphatic heterocycles. The Bertz CT molecular complexity index is 256. The zero-order chi connectivity index (χ0) is 8.43. The predicted molar refractivity (Wildman–Crippen MR) is 45.4 cm³/mol. The number of hydrogen-bond donors (Lipinski definition) is 2.